The lowest BCUT2D eigenvalue weighted by Crippen LogP contribution is -2.43. The van der Waals surface area contributed by atoms with E-state index in [1.165, 1.54) is 0 Å². The van der Waals surface area contributed by atoms with Gasteiger partial charge < -0.3 is 10.0 Å². The van der Waals surface area contributed by atoms with Gasteiger partial charge in [0.2, 0.25) is 5.91 Å². The molecule has 1 amide bonds. The molecule has 4 nitrogen and oxygen atoms in total. The standard InChI is InChI=1S/C16H21NO3/c1-2-17(12-13-7-4-3-5-8-13)14(18)11-16(15(19)20)9-6-10-16/h3-5,7-8H,2,6,9-12H2,1H3,(H,19,20). The van der Waals surface area contributed by atoms with Gasteiger partial charge in [-0.1, -0.05) is 36.8 Å². The number of carboxylic acid groups (broad SMARTS) is 1. The molecule has 0 unspecified atom stereocenters. The molecular formula is C16H21NO3. The van der Waals surface area contributed by atoms with E-state index >= 15 is 0 Å². The molecule has 0 radical (unpaired) electrons. The summed E-state index contributed by atoms with van der Waals surface area (Å²) in [5, 5.41) is 9.31. The third-order valence-corrected chi connectivity index (χ3v) is 4.20. The van der Waals surface area contributed by atoms with Crippen LogP contribution in [0, 0.1) is 5.41 Å². The average molecular weight is 275 g/mol. The number of carboxylic acids is 1. The van der Waals surface area contributed by atoms with Gasteiger partial charge in [0.15, 0.2) is 0 Å². The molecule has 0 spiro atoms. The zero-order chi connectivity index (χ0) is 14.6. The van der Waals surface area contributed by atoms with E-state index in [0.717, 1.165) is 12.0 Å². The van der Waals surface area contributed by atoms with Crippen LogP contribution in [0.1, 0.15) is 38.2 Å². The van der Waals surface area contributed by atoms with E-state index in [2.05, 4.69) is 0 Å². The van der Waals surface area contributed by atoms with Crippen molar-refractivity contribution in [1.29, 1.82) is 0 Å². The Morgan fingerprint density at radius 2 is 1.90 bits per heavy atom. The molecule has 2 rings (SSSR count). The van der Waals surface area contributed by atoms with Crippen LogP contribution >= 0.6 is 0 Å². The molecule has 0 heterocycles. The lowest BCUT2D eigenvalue weighted by molar-refractivity contribution is -0.159. The van der Waals surface area contributed by atoms with E-state index in [1.54, 1.807) is 4.90 Å². The summed E-state index contributed by atoms with van der Waals surface area (Å²) >= 11 is 0. The van der Waals surface area contributed by atoms with Crippen molar-refractivity contribution in [3.8, 4) is 0 Å². The summed E-state index contributed by atoms with van der Waals surface area (Å²) in [4.78, 5) is 25.4. The summed E-state index contributed by atoms with van der Waals surface area (Å²) in [7, 11) is 0. The van der Waals surface area contributed by atoms with Crippen molar-refractivity contribution in [2.24, 2.45) is 5.41 Å². The first-order valence-electron chi connectivity index (χ1n) is 7.12. The van der Waals surface area contributed by atoms with Gasteiger partial charge in [0, 0.05) is 19.5 Å². The topological polar surface area (TPSA) is 57.6 Å². The van der Waals surface area contributed by atoms with Crippen LogP contribution in [0.2, 0.25) is 0 Å². The number of carbonyl (C=O) groups is 2. The highest BCUT2D eigenvalue weighted by Gasteiger charge is 2.46. The summed E-state index contributed by atoms with van der Waals surface area (Å²) in [5.41, 5.74) is 0.266. The van der Waals surface area contributed by atoms with Crippen molar-refractivity contribution in [2.45, 2.75) is 39.2 Å². The molecule has 20 heavy (non-hydrogen) atoms. The first-order valence-corrected chi connectivity index (χ1v) is 7.12. The first kappa shape index (κ1) is 14.6. The van der Waals surface area contributed by atoms with Crippen LogP contribution in [-0.4, -0.2) is 28.4 Å². The van der Waals surface area contributed by atoms with Crippen molar-refractivity contribution >= 4 is 11.9 Å². The van der Waals surface area contributed by atoms with Crippen LogP contribution in [0.25, 0.3) is 0 Å². The van der Waals surface area contributed by atoms with Gasteiger partial charge in [0.05, 0.1) is 5.41 Å². The van der Waals surface area contributed by atoms with Gasteiger partial charge in [-0.2, -0.15) is 0 Å². The Hall–Kier alpha value is -1.84. The lowest BCUT2D eigenvalue weighted by Gasteiger charge is -2.38. The number of amides is 1. The molecule has 0 aromatic heterocycles. The predicted octanol–water partition coefficient (Wildman–Crippen LogP) is 2.68. The highest BCUT2D eigenvalue weighted by molar-refractivity contribution is 5.85. The molecule has 1 N–H and O–H groups in total. The second kappa shape index (κ2) is 6.07. The molecule has 4 heteroatoms. The third-order valence-electron chi connectivity index (χ3n) is 4.20. The van der Waals surface area contributed by atoms with E-state index in [4.69, 9.17) is 0 Å². The fourth-order valence-electron chi connectivity index (χ4n) is 2.65. The minimum atomic E-state index is -0.826. The summed E-state index contributed by atoms with van der Waals surface area (Å²) in [6, 6.07) is 9.78. The monoisotopic (exact) mass is 275 g/mol. The fourth-order valence-corrected chi connectivity index (χ4v) is 2.65. The van der Waals surface area contributed by atoms with E-state index in [1.807, 2.05) is 37.3 Å². The normalized spacial score (nSPS) is 16.2. The Morgan fingerprint density at radius 3 is 2.35 bits per heavy atom. The predicted molar refractivity (Wildman–Crippen MR) is 76.1 cm³/mol. The van der Waals surface area contributed by atoms with Crippen molar-refractivity contribution in [1.82, 2.24) is 4.90 Å². The Bertz CT molecular complexity index is 480. The van der Waals surface area contributed by atoms with E-state index in [-0.39, 0.29) is 12.3 Å². The second-order valence-electron chi connectivity index (χ2n) is 5.51. The Kier molecular flexibility index (Phi) is 4.42. The van der Waals surface area contributed by atoms with Gasteiger partial charge >= 0.3 is 5.97 Å². The van der Waals surface area contributed by atoms with Crippen LogP contribution in [-0.2, 0) is 16.1 Å². The van der Waals surface area contributed by atoms with Gasteiger partial charge in [0.25, 0.3) is 0 Å². The van der Waals surface area contributed by atoms with Crippen molar-refractivity contribution in [3.05, 3.63) is 35.9 Å². The fraction of sp³-hybridized carbons (Fsp3) is 0.500. The molecule has 1 aromatic carbocycles. The lowest BCUT2D eigenvalue weighted by atomic mass is 9.66. The van der Waals surface area contributed by atoms with Crippen molar-refractivity contribution in [2.75, 3.05) is 6.54 Å². The summed E-state index contributed by atoms with van der Waals surface area (Å²) in [6.07, 6.45) is 2.28. The summed E-state index contributed by atoms with van der Waals surface area (Å²) < 4.78 is 0. The van der Waals surface area contributed by atoms with E-state index in [9.17, 15) is 14.7 Å². The maximum absolute atomic E-state index is 12.4. The average Bonchev–Trinajstić information content (AvgIpc) is 2.40. The summed E-state index contributed by atoms with van der Waals surface area (Å²) in [5.74, 6) is -0.883. The molecule has 1 aromatic rings. The molecule has 1 aliphatic carbocycles. The number of nitrogens with zero attached hydrogens (tertiary/aromatic N) is 1. The molecule has 0 bridgehead atoms. The smallest absolute Gasteiger partial charge is 0.310 e. The van der Waals surface area contributed by atoms with Gasteiger partial charge in [0.1, 0.15) is 0 Å². The summed E-state index contributed by atoms with van der Waals surface area (Å²) in [6.45, 7) is 3.07. The van der Waals surface area contributed by atoms with Crippen LogP contribution in [0.15, 0.2) is 30.3 Å². The van der Waals surface area contributed by atoms with E-state index < -0.39 is 11.4 Å². The van der Waals surface area contributed by atoms with Crippen molar-refractivity contribution < 1.29 is 14.7 Å². The number of carbonyl (C=O) groups excluding carboxylic acids is 1. The van der Waals surface area contributed by atoms with Gasteiger partial charge in [-0.05, 0) is 25.3 Å². The number of hydrogen-bond donors (Lipinski definition) is 1. The molecule has 0 saturated heterocycles. The van der Waals surface area contributed by atoms with Crippen LogP contribution in [0.5, 0.6) is 0 Å². The van der Waals surface area contributed by atoms with Crippen LogP contribution in [0.3, 0.4) is 0 Å². The van der Waals surface area contributed by atoms with Crippen LogP contribution in [0.4, 0.5) is 0 Å². The maximum atomic E-state index is 12.4. The highest BCUT2D eigenvalue weighted by atomic mass is 16.4. The zero-order valence-electron chi connectivity index (χ0n) is 11.8. The zero-order valence-corrected chi connectivity index (χ0v) is 11.8. The Morgan fingerprint density at radius 1 is 1.25 bits per heavy atom. The third kappa shape index (κ3) is 3.00. The molecule has 0 aliphatic heterocycles. The van der Waals surface area contributed by atoms with Gasteiger partial charge in [-0.15, -0.1) is 0 Å². The largest absolute Gasteiger partial charge is 0.481 e. The second-order valence-corrected chi connectivity index (χ2v) is 5.51. The number of hydrogen-bond acceptors (Lipinski definition) is 2. The SMILES string of the molecule is CCN(Cc1ccccc1)C(=O)CC1(C(=O)O)CCC1. The molecular weight excluding hydrogens is 254 g/mol. The van der Waals surface area contributed by atoms with E-state index in [0.29, 0.717) is 25.9 Å². The minimum absolute atomic E-state index is 0.0570. The Labute approximate surface area is 119 Å². The van der Waals surface area contributed by atoms with Crippen molar-refractivity contribution in [3.63, 3.8) is 0 Å². The molecule has 1 fully saturated rings. The quantitative estimate of drug-likeness (QED) is 0.868. The molecule has 1 saturated carbocycles. The maximum Gasteiger partial charge on any atom is 0.310 e. The van der Waals surface area contributed by atoms with Gasteiger partial charge in [-0.25, -0.2) is 0 Å². The number of benzene rings is 1. The first-order chi connectivity index (χ1) is 9.57. The van der Waals surface area contributed by atoms with Gasteiger partial charge in [-0.3, -0.25) is 9.59 Å². The van der Waals surface area contributed by atoms with Crippen LogP contribution < -0.4 is 0 Å². The minimum Gasteiger partial charge on any atom is -0.481 e. The highest BCUT2D eigenvalue weighted by Crippen LogP contribution is 2.44. The number of aliphatic carboxylic acids is 1. The molecule has 108 valence electrons. The number of rotatable bonds is 6. The molecule has 0 atom stereocenters. The molecule has 1 aliphatic rings. The Balaban J connectivity index is 2.01.